The van der Waals surface area contributed by atoms with Crippen molar-refractivity contribution >= 4 is 23.6 Å². The van der Waals surface area contributed by atoms with Crippen LogP contribution in [-0.4, -0.2) is 56.4 Å². The Kier molecular flexibility index (Phi) is 6.48. The Morgan fingerprint density at radius 1 is 1.09 bits per heavy atom. The molecule has 2 amide bonds. The minimum atomic E-state index is -0.111. The highest BCUT2D eigenvalue weighted by Gasteiger charge is 2.32. The molecule has 1 unspecified atom stereocenters. The number of amides is 2. The Bertz CT molecular complexity index is 1090. The van der Waals surface area contributed by atoms with E-state index in [2.05, 4.69) is 15.5 Å². The van der Waals surface area contributed by atoms with E-state index in [9.17, 15) is 9.59 Å². The molecule has 2 aromatic heterocycles. The van der Waals surface area contributed by atoms with Crippen LogP contribution in [0.3, 0.4) is 0 Å². The summed E-state index contributed by atoms with van der Waals surface area (Å²) in [6.45, 7) is 1.76. The third kappa shape index (κ3) is 5.30. The maximum atomic E-state index is 13.0. The van der Waals surface area contributed by atoms with Crippen molar-refractivity contribution in [2.45, 2.75) is 43.4 Å². The van der Waals surface area contributed by atoms with Crippen molar-refractivity contribution in [2.24, 2.45) is 5.92 Å². The van der Waals surface area contributed by atoms with Gasteiger partial charge in [-0.3, -0.25) is 14.2 Å². The number of piperidine rings is 1. The van der Waals surface area contributed by atoms with E-state index in [-0.39, 0.29) is 23.5 Å². The van der Waals surface area contributed by atoms with Gasteiger partial charge in [-0.15, -0.1) is 10.2 Å². The van der Waals surface area contributed by atoms with Gasteiger partial charge in [0.15, 0.2) is 10.9 Å². The molecule has 1 aliphatic carbocycles. The lowest BCUT2D eigenvalue weighted by Crippen LogP contribution is -2.46. The summed E-state index contributed by atoms with van der Waals surface area (Å²) in [6.07, 6.45) is 5.45. The predicted molar refractivity (Wildman–Crippen MR) is 124 cm³/mol. The van der Waals surface area contributed by atoms with Gasteiger partial charge in [-0.05, 0) is 43.4 Å². The molecule has 1 atom stereocenters. The normalized spacial score (nSPS) is 18.3. The van der Waals surface area contributed by atoms with Crippen LogP contribution < -0.4 is 5.32 Å². The average Bonchev–Trinajstić information content (AvgIpc) is 3.32. The first kappa shape index (κ1) is 21.8. The van der Waals surface area contributed by atoms with Gasteiger partial charge in [0.1, 0.15) is 0 Å². The number of hydrogen-bond acceptors (Lipinski definition) is 6. The lowest BCUT2D eigenvalue weighted by Gasteiger charge is -2.32. The Morgan fingerprint density at radius 3 is 2.70 bits per heavy atom. The van der Waals surface area contributed by atoms with E-state index in [0.29, 0.717) is 42.4 Å². The molecule has 8 nitrogen and oxygen atoms in total. The quantitative estimate of drug-likeness (QED) is 0.514. The number of carbonyl (C=O) groups is 2. The summed E-state index contributed by atoms with van der Waals surface area (Å²) in [5, 5.41) is 12.4. The largest absolute Gasteiger partial charge is 0.461 e. The molecule has 2 fully saturated rings. The van der Waals surface area contributed by atoms with Gasteiger partial charge >= 0.3 is 0 Å². The number of rotatable bonds is 8. The molecule has 33 heavy (non-hydrogen) atoms. The highest BCUT2D eigenvalue weighted by atomic mass is 32.2. The second-order valence-electron chi connectivity index (χ2n) is 8.61. The van der Waals surface area contributed by atoms with E-state index in [0.717, 1.165) is 31.2 Å². The van der Waals surface area contributed by atoms with E-state index in [1.165, 1.54) is 11.8 Å². The first-order valence-corrected chi connectivity index (χ1v) is 12.4. The Labute approximate surface area is 196 Å². The molecule has 1 aromatic carbocycles. The van der Waals surface area contributed by atoms with Crippen LogP contribution >= 0.6 is 11.8 Å². The molecule has 1 aliphatic heterocycles. The Balaban J connectivity index is 1.26. The van der Waals surface area contributed by atoms with E-state index < -0.39 is 0 Å². The molecule has 3 heterocycles. The van der Waals surface area contributed by atoms with Gasteiger partial charge < -0.3 is 14.6 Å². The Hall–Kier alpha value is -3.07. The molecule has 1 saturated carbocycles. The average molecular weight is 466 g/mol. The van der Waals surface area contributed by atoms with Crippen LogP contribution in [0.4, 0.5) is 0 Å². The van der Waals surface area contributed by atoms with Crippen molar-refractivity contribution in [3.8, 4) is 11.6 Å². The van der Waals surface area contributed by atoms with Gasteiger partial charge in [0.2, 0.25) is 17.6 Å². The monoisotopic (exact) mass is 465 g/mol. The number of aromatic nitrogens is 3. The van der Waals surface area contributed by atoms with Crippen LogP contribution in [0.1, 0.15) is 31.2 Å². The molecule has 5 rings (SSSR count). The zero-order valence-corrected chi connectivity index (χ0v) is 19.2. The summed E-state index contributed by atoms with van der Waals surface area (Å²) in [6, 6.07) is 14.1. The summed E-state index contributed by atoms with van der Waals surface area (Å²) in [5.74, 6) is 1.53. The van der Waals surface area contributed by atoms with Crippen LogP contribution in [0.15, 0.2) is 58.3 Å². The summed E-state index contributed by atoms with van der Waals surface area (Å²) < 4.78 is 7.53. The lowest BCUT2D eigenvalue weighted by atomic mass is 9.97. The van der Waals surface area contributed by atoms with Crippen molar-refractivity contribution in [1.29, 1.82) is 0 Å². The number of carbonyl (C=O) groups excluding carboxylic acids is 2. The van der Waals surface area contributed by atoms with Gasteiger partial charge in [-0.1, -0.05) is 42.1 Å². The smallest absolute Gasteiger partial charge is 0.233 e. The molecule has 0 radical (unpaired) electrons. The van der Waals surface area contributed by atoms with Gasteiger partial charge in [-0.25, -0.2) is 0 Å². The van der Waals surface area contributed by atoms with E-state index in [1.807, 2.05) is 51.9 Å². The summed E-state index contributed by atoms with van der Waals surface area (Å²) >= 11 is 1.37. The highest BCUT2D eigenvalue weighted by Crippen LogP contribution is 2.27. The van der Waals surface area contributed by atoms with Crippen molar-refractivity contribution in [1.82, 2.24) is 25.0 Å². The third-order valence-electron chi connectivity index (χ3n) is 6.04. The highest BCUT2D eigenvalue weighted by molar-refractivity contribution is 7.99. The number of nitrogens with zero attached hydrogens (tertiary/aromatic N) is 4. The molecular weight excluding hydrogens is 438 g/mol. The van der Waals surface area contributed by atoms with E-state index in [1.54, 1.807) is 6.26 Å². The SMILES string of the molecule is O=C(NC1CC1)C1CCCN(C(=O)CSc2nnc(-c3ccco3)n2Cc2ccccc2)C1. The molecule has 2 aliphatic rings. The molecule has 1 saturated heterocycles. The van der Waals surface area contributed by atoms with Crippen LogP contribution in [0, 0.1) is 5.92 Å². The van der Waals surface area contributed by atoms with Crippen molar-refractivity contribution in [2.75, 3.05) is 18.8 Å². The number of hydrogen-bond donors (Lipinski definition) is 1. The van der Waals surface area contributed by atoms with Gasteiger partial charge in [-0.2, -0.15) is 0 Å². The van der Waals surface area contributed by atoms with Crippen LogP contribution in [0.2, 0.25) is 0 Å². The number of nitrogens with one attached hydrogen (secondary N) is 1. The minimum absolute atomic E-state index is 0.0257. The zero-order chi connectivity index (χ0) is 22.6. The fourth-order valence-electron chi connectivity index (χ4n) is 4.07. The topological polar surface area (TPSA) is 93.3 Å². The fourth-order valence-corrected chi connectivity index (χ4v) is 4.91. The predicted octanol–water partition coefficient (Wildman–Crippen LogP) is 3.20. The van der Waals surface area contributed by atoms with Gasteiger partial charge in [0.25, 0.3) is 0 Å². The number of likely N-dealkylation sites (tertiary alicyclic amines) is 1. The maximum absolute atomic E-state index is 13.0. The second kappa shape index (κ2) is 9.82. The van der Waals surface area contributed by atoms with Crippen LogP contribution in [0.5, 0.6) is 0 Å². The molecule has 3 aromatic rings. The van der Waals surface area contributed by atoms with Gasteiger partial charge in [0, 0.05) is 19.1 Å². The van der Waals surface area contributed by atoms with Crippen LogP contribution in [-0.2, 0) is 16.1 Å². The van der Waals surface area contributed by atoms with Gasteiger partial charge in [0.05, 0.1) is 24.5 Å². The summed E-state index contributed by atoms with van der Waals surface area (Å²) in [4.78, 5) is 27.2. The molecule has 172 valence electrons. The fraction of sp³-hybridized carbons (Fsp3) is 0.417. The molecule has 0 spiro atoms. The molecule has 0 bridgehead atoms. The lowest BCUT2D eigenvalue weighted by molar-refractivity contribution is -0.133. The number of thioether (sulfide) groups is 1. The standard InChI is InChI=1S/C24H27N5O3S/c30-21(28-12-4-8-18(15-28)23(31)25-19-10-11-19)16-33-24-27-26-22(20-9-5-13-32-20)29(24)14-17-6-2-1-3-7-17/h1-3,5-7,9,13,18-19H,4,8,10-12,14-16H2,(H,25,31). The third-order valence-corrected chi connectivity index (χ3v) is 6.99. The van der Waals surface area contributed by atoms with E-state index >= 15 is 0 Å². The molecule has 1 N–H and O–H groups in total. The van der Waals surface area contributed by atoms with Crippen molar-refractivity contribution < 1.29 is 14.0 Å². The maximum Gasteiger partial charge on any atom is 0.233 e. The van der Waals surface area contributed by atoms with Crippen molar-refractivity contribution in [3.05, 3.63) is 54.3 Å². The summed E-state index contributed by atoms with van der Waals surface area (Å²) in [7, 11) is 0. The Morgan fingerprint density at radius 2 is 1.94 bits per heavy atom. The van der Waals surface area contributed by atoms with Crippen molar-refractivity contribution in [3.63, 3.8) is 0 Å². The summed E-state index contributed by atoms with van der Waals surface area (Å²) in [5.41, 5.74) is 1.11. The van der Waals surface area contributed by atoms with E-state index in [4.69, 9.17) is 4.42 Å². The molecular formula is C24H27N5O3S. The minimum Gasteiger partial charge on any atom is -0.461 e. The first-order valence-electron chi connectivity index (χ1n) is 11.4. The zero-order valence-electron chi connectivity index (χ0n) is 18.4. The number of benzene rings is 1. The second-order valence-corrected chi connectivity index (χ2v) is 9.55. The number of furan rings is 1. The molecule has 9 heteroatoms. The van der Waals surface area contributed by atoms with Crippen LogP contribution in [0.25, 0.3) is 11.6 Å². The first-order chi connectivity index (χ1) is 16.2.